The molecule has 3 rings (SSSR count). The van der Waals surface area contributed by atoms with Gasteiger partial charge in [-0.25, -0.2) is 29.9 Å². The first-order chi connectivity index (χ1) is 11.7. The maximum absolute atomic E-state index is 13.1. The van der Waals surface area contributed by atoms with Crippen molar-refractivity contribution in [1.29, 1.82) is 0 Å². The van der Waals surface area contributed by atoms with E-state index in [1.165, 1.54) is 12.1 Å². The van der Waals surface area contributed by atoms with Gasteiger partial charge < -0.3 is 5.32 Å². The molecule has 0 saturated carbocycles. The Kier molecular flexibility index (Phi) is 4.86. The molecule has 0 amide bonds. The van der Waals surface area contributed by atoms with E-state index < -0.39 is 22.1 Å². The molecule has 0 unspecified atom stereocenters. The number of benzene rings is 1. The molecule has 6 nitrogen and oxygen atoms in total. The van der Waals surface area contributed by atoms with E-state index in [4.69, 9.17) is 11.6 Å². The van der Waals surface area contributed by atoms with Gasteiger partial charge in [0.1, 0.15) is 10.7 Å². The molecule has 0 saturated heterocycles. The Morgan fingerprint density at radius 3 is 2.56 bits per heavy atom. The maximum atomic E-state index is 13.1. The van der Waals surface area contributed by atoms with Crippen molar-refractivity contribution >= 4 is 66.8 Å². The smallest absolute Gasteiger partial charge is 0.296 e. The van der Waals surface area contributed by atoms with Gasteiger partial charge in [0.25, 0.3) is 6.43 Å². The number of aromatic nitrogens is 3. The third-order valence-corrected chi connectivity index (χ3v) is 5.61. The van der Waals surface area contributed by atoms with Crippen LogP contribution in [0, 0.1) is 0 Å². The molecule has 0 aliphatic carbocycles. The van der Waals surface area contributed by atoms with Gasteiger partial charge in [0.05, 0.1) is 39.1 Å². The van der Waals surface area contributed by atoms with Crippen LogP contribution in [0.1, 0.15) is 12.2 Å². The second kappa shape index (κ2) is 6.65. The van der Waals surface area contributed by atoms with Crippen molar-refractivity contribution in [1.82, 2.24) is 12.7 Å². The van der Waals surface area contributed by atoms with Crippen molar-refractivity contribution in [3.05, 3.63) is 41.3 Å². The highest BCUT2D eigenvalue weighted by Crippen LogP contribution is 2.33. The monoisotopic (exact) mass is 498 g/mol. The Balaban J connectivity index is 2.20. The van der Waals surface area contributed by atoms with Crippen LogP contribution in [0.3, 0.4) is 0 Å². The van der Waals surface area contributed by atoms with Crippen LogP contribution in [0.2, 0.25) is 5.15 Å². The number of fused-ring (bicyclic) bond motifs is 1. The van der Waals surface area contributed by atoms with Gasteiger partial charge in [-0.1, -0.05) is 23.7 Å². The van der Waals surface area contributed by atoms with Gasteiger partial charge in [0.15, 0.2) is 21.3 Å². The standard InChI is InChI=1S/C14H10ClF2IN4O2S/c1-25(23,24)9-5-3-2-4-7(9)19-8-6-10(15)20-13-11(8)21-14(12(16)17)22(13)18/h2-6,12H,1H3,(H,19,20). The Morgan fingerprint density at radius 2 is 1.92 bits per heavy atom. The predicted molar refractivity (Wildman–Crippen MR) is 99.7 cm³/mol. The average Bonchev–Trinajstić information content (AvgIpc) is 2.84. The number of alkyl halides is 2. The lowest BCUT2D eigenvalue weighted by Gasteiger charge is -2.11. The highest BCUT2D eigenvalue weighted by Gasteiger charge is 2.22. The third-order valence-electron chi connectivity index (χ3n) is 3.31. The lowest BCUT2D eigenvalue weighted by molar-refractivity contribution is 0.141. The van der Waals surface area contributed by atoms with Crippen molar-refractivity contribution in [3.8, 4) is 0 Å². The third kappa shape index (κ3) is 3.55. The molecule has 0 fully saturated rings. The molecule has 11 heteroatoms. The summed E-state index contributed by atoms with van der Waals surface area (Å²) >= 11 is 7.64. The van der Waals surface area contributed by atoms with Gasteiger partial charge in [-0.05, 0) is 12.1 Å². The summed E-state index contributed by atoms with van der Waals surface area (Å²) in [6.45, 7) is 0. The molecule has 1 aromatic carbocycles. The Hall–Kier alpha value is -1.53. The molecular formula is C14H10ClF2IN4O2S. The molecule has 0 bridgehead atoms. The number of hydrogen-bond acceptors (Lipinski definition) is 5. The quantitative estimate of drug-likeness (QED) is 0.427. The van der Waals surface area contributed by atoms with Crippen LogP contribution in [-0.4, -0.2) is 27.4 Å². The number of para-hydroxylation sites is 1. The molecule has 0 aliphatic heterocycles. The summed E-state index contributed by atoms with van der Waals surface area (Å²) in [6.07, 6.45) is -1.71. The van der Waals surface area contributed by atoms with Crippen molar-refractivity contribution in [2.24, 2.45) is 0 Å². The van der Waals surface area contributed by atoms with Gasteiger partial charge in [0, 0.05) is 12.3 Å². The predicted octanol–water partition coefficient (Wildman–Crippen LogP) is 4.37. The Morgan fingerprint density at radius 1 is 1.24 bits per heavy atom. The maximum Gasteiger partial charge on any atom is 0.296 e. The van der Waals surface area contributed by atoms with Crippen LogP contribution in [0.5, 0.6) is 0 Å². The van der Waals surface area contributed by atoms with Crippen LogP contribution >= 0.6 is 34.5 Å². The minimum absolute atomic E-state index is 0.0606. The second-order valence-corrected chi connectivity index (χ2v) is 8.45. The zero-order valence-electron chi connectivity index (χ0n) is 12.5. The minimum Gasteiger partial charge on any atom is -0.352 e. The van der Waals surface area contributed by atoms with Gasteiger partial charge in [0.2, 0.25) is 0 Å². The van der Waals surface area contributed by atoms with E-state index in [0.29, 0.717) is 0 Å². The summed E-state index contributed by atoms with van der Waals surface area (Å²) < 4.78 is 51.2. The highest BCUT2D eigenvalue weighted by atomic mass is 127. The topological polar surface area (TPSA) is 76.9 Å². The molecule has 0 spiro atoms. The number of anilines is 2. The van der Waals surface area contributed by atoms with E-state index >= 15 is 0 Å². The number of hydrogen-bond donors (Lipinski definition) is 1. The Bertz CT molecular complexity index is 1070. The van der Waals surface area contributed by atoms with E-state index in [1.54, 1.807) is 41.1 Å². The number of nitrogens with zero attached hydrogens (tertiary/aromatic N) is 3. The summed E-state index contributed by atoms with van der Waals surface area (Å²) in [4.78, 5) is 8.00. The summed E-state index contributed by atoms with van der Waals surface area (Å²) in [5, 5.41) is 2.98. The first-order valence-corrected chi connectivity index (χ1v) is 10.0. The molecule has 2 heterocycles. The highest BCUT2D eigenvalue weighted by molar-refractivity contribution is 14.1. The van der Waals surface area contributed by atoms with Crippen molar-refractivity contribution < 1.29 is 17.2 Å². The molecule has 0 radical (unpaired) electrons. The second-order valence-electron chi connectivity index (χ2n) is 5.11. The number of sulfone groups is 1. The molecule has 132 valence electrons. The van der Waals surface area contributed by atoms with E-state index in [1.807, 2.05) is 0 Å². The molecule has 0 aliphatic rings. The van der Waals surface area contributed by atoms with Crippen LogP contribution in [0.15, 0.2) is 35.2 Å². The zero-order valence-corrected chi connectivity index (χ0v) is 16.3. The van der Waals surface area contributed by atoms with Crippen LogP contribution < -0.4 is 5.32 Å². The molecule has 1 N–H and O–H groups in total. The number of halogens is 4. The first kappa shape index (κ1) is 18.3. The normalized spacial score (nSPS) is 12.1. The number of rotatable bonds is 4. The van der Waals surface area contributed by atoms with Gasteiger partial charge >= 0.3 is 0 Å². The van der Waals surface area contributed by atoms with Gasteiger partial charge in [-0.15, -0.1) is 0 Å². The van der Waals surface area contributed by atoms with Gasteiger partial charge in [-0.2, -0.15) is 0 Å². The fraction of sp³-hybridized carbons (Fsp3) is 0.143. The first-order valence-electron chi connectivity index (χ1n) is 6.78. The molecule has 25 heavy (non-hydrogen) atoms. The van der Waals surface area contributed by atoms with Crippen molar-refractivity contribution in [3.63, 3.8) is 0 Å². The molecule has 3 aromatic rings. The minimum atomic E-state index is -3.49. The van der Waals surface area contributed by atoms with E-state index in [9.17, 15) is 17.2 Å². The van der Waals surface area contributed by atoms with E-state index in [0.717, 1.165) is 9.04 Å². The SMILES string of the molecule is CS(=O)(=O)c1ccccc1Nc1cc(Cl)nc2c1nc(C(F)F)n2I. The van der Waals surface area contributed by atoms with Crippen molar-refractivity contribution in [2.45, 2.75) is 11.3 Å². The summed E-state index contributed by atoms with van der Waals surface area (Å²) in [5.74, 6) is -0.468. The Labute approximate surface area is 160 Å². The van der Waals surface area contributed by atoms with E-state index in [2.05, 4.69) is 15.3 Å². The molecule has 2 aromatic heterocycles. The number of nitrogens with one attached hydrogen (secondary N) is 1. The van der Waals surface area contributed by atoms with E-state index in [-0.39, 0.29) is 32.6 Å². The van der Waals surface area contributed by atoms with Gasteiger partial charge in [-0.3, -0.25) is 0 Å². The summed E-state index contributed by atoms with van der Waals surface area (Å²) in [6, 6.07) is 7.65. The lowest BCUT2D eigenvalue weighted by Crippen LogP contribution is -2.03. The summed E-state index contributed by atoms with van der Waals surface area (Å²) in [5.41, 5.74) is 0.888. The number of pyridine rings is 1. The molecular weight excluding hydrogens is 489 g/mol. The summed E-state index contributed by atoms with van der Waals surface area (Å²) in [7, 11) is -3.49. The lowest BCUT2D eigenvalue weighted by atomic mass is 10.3. The van der Waals surface area contributed by atoms with Crippen molar-refractivity contribution in [2.75, 3.05) is 11.6 Å². The fourth-order valence-electron chi connectivity index (χ4n) is 2.28. The average molecular weight is 499 g/mol. The molecule has 0 atom stereocenters. The zero-order chi connectivity index (χ0) is 18.4. The number of imidazole rings is 1. The van der Waals surface area contributed by atoms with Crippen LogP contribution in [0.4, 0.5) is 20.2 Å². The van der Waals surface area contributed by atoms with Crippen LogP contribution in [0.25, 0.3) is 11.2 Å². The fourth-order valence-corrected chi connectivity index (χ4v) is 3.96. The van der Waals surface area contributed by atoms with Crippen LogP contribution in [-0.2, 0) is 9.84 Å². The largest absolute Gasteiger partial charge is 0.352 e.